The average Bonchev–Trinajstić information content (AvgIpc) is 2.10. The van der Waals surface area contributed by atoms with Gasteiger partial charge in [-0.2, -0.15) is 0 Å². The Balaban J connectivity index is 3.55. The first-order chi connectivity index (χ1) is 6.56. The molecule has 0 aromatic rings. The second-order valence-electron chi connectivity index (χ2n) is 4.14. The zero-order valence-corrected chi connectivity index (χ0v) is 10.7. The van der Waals surface area contributed by atoms with Gasteiger partial charge >= 0.3 is 0 Å². The molecule has 2 heteroatoms. The van der Waals surface area contributed by atoms with Crippen molar-refractivity contribution in [1.29, 1.82) is 5.41 Å². The standard InChI is InChI=1S/C12H23NS/c1-5-12(13)6-7-14-9-11(4)8-10(2)3/h9-10,13H,5-8H2,1-4H3/b11-9+,13-12?. The van der Waals surface area contributed by atoms with Crippen LogP contribution in [-0.4, -0.2) is 11.5 Å². The topological polar surface area (TPSA) is 23.9 Å². The van der Waals surface area contributed by atoms with Gasteiger partial charge in [-0.3, -0.25) is 0 Å². The summed E-state index contributed by atoms with van der Waals surface area (Å²) in [6, 6.07) is 0. The van der Waals surface area contributed by atoms with Crippen molar-refractivity contribution in [3.63, 3.8) is 0 Å². The van der Waals surface area contributed by atoms with Gasteiger partial charge in [-0.15, -0.1) is 11.8 Å². The number of hydrogen-bond acceptors (Lipinski definition) is 2. The molecule has 0 amide bonds. The Morgan fingerprint density at radius 2 is 2.07 bits per heavy atom. The van der Waals surface area contributed by atoms with Crippen molar-refractivity contribution in [1.82, 2.24) is 0 Å². The normalized spacial score (nSPS) is 12.2. The first-order valence-corrected chi connectivity index (χ1v) is 6.44. The molecule has 1 N–H and O–H groups in total. The summed E-state index contributed by atoms with van der Waals surface area (Å²) in [5, 5.41) is 9.76. The molecule has 0 aliphatic heterocycles. The molecule has 0 saturated heterocycles. The molecule has 1 nitrogen and oxygen atoms in total. The summed E-state index contributed by atoms with van der Waals surface area (Å²) in [6.45, 7) is 8.73. The lowest BCUT2D eigenvalue weighted by Crippen LogP contribution is -1.94. The summed E-state index contributed by atoms with van der Waals surface area (Å²) >= 11 is 1.84. The molecule has 0 bridgehead atoms. The number of thioether (sulfide) groups is 1. The van der Waals surface area contributed by atoms with E-state index < -0.39 is 0 Å². The molecule has 0 aromatic heterocycles. The smallest absolute Gasteiger partial charge is 0.00947 e. The molecule has 0 unspecified atom stereocenters. The highest BCUT2D eigenvalue weighted by molar-refractivity contribution is 8.02. The highest BCUT2D eigenvalue weighted by Gasteiger charge is 1.96. The molecule has 0 saturated carbocycles. The summed E-state index contributed by atoms with van der Waals surface area (Å²) in [6.07, 6.45) is 3.03. The van der Waals surface area contributed by atoms with Crippen molar-refractivity contribution in [2.75, 3.05) is 5.75 Å². The summed E-state index contributed by atoms with van der Waals surface area (Å²) in [5.74, 6) is 1.81. The Kier molecular flexibility index (Phi) is 7.96. The third-order valence-electron chi connectivity index (χ3n) is 1.96. The Labute approximate surface area is 92.9 Å². The molecular weight excluding hydrogens is 190 g/mol. The fourth-order valence-corrected chi connectivity index (χ4v) is 2.11. The summed E-state index contributed by atoms with van der Waals surface area (Å²) in [7, 11) is 0. The van der Waals surface area contributed by atoms with Crippen LogP contribution in [0.4, 0.5) is 0 Å². The van der Waals surface area contributed by atoms with Crippen LogP contribution in [-0.2, 0) is 0 Å². The van der Waals surface area contributed by atoms with Crippen LogP contribution in [0.25, 0.3) is 0 Å². The molecule has 82 valence electrons. The molecule has 0 spiro atoms. The number of hydrogen-bond donors (Lipinski definition) is 1. The third-order valence-corrected chi connectivity index (χ3v) is 2.97. The number of rotatable bonds is 7. The van der Waals surface area contributed by atoms with Crippen LogP contribution in [0.15, 0.2) is 11.0 Å². The van der Waals surface area contributed by atoms with Crippen LogP contribution < -0.4 is 0 Å². The van der Waals surface area contributed by atoms with Gasteiger partial charge in [-0.05, 0) is 37.5 Å². The summed E-state index contributed by atoms with van der Waals surface area (Å²) in [5.41, 5.74) is 2.33. The quantitative estimate of drug-likeness (QED) is 0.489. The Hall–Kier alpha value is -0.240. The first-order valence-electron chi connectivity index (χ1n) is 5.39. The van der Waals surface area contributed by atoms with E-state index in [-0.39, 0.29) is 0 Å². The van der Waals surface area contributed by atoms with E-state index in [2.05, 4.69) is 26.2 Å². The van der Waals surface area contributed by atoms with Crippen LogP contribution in [0.5, 0.6) is 0 Å². The van der Waals surface area contributed by atoms with E-state index in [0.29, 0.717) is 0 Å². The number of nitrogens with one attached hydrogen (secondary N) is 1. The largest absolute Gasteiger partial charge is 0.310 e. The minimum absolute atomic E-state index is 0.751. The maximum Gasteiger partial charge on any atom is 0.00947 e. The molecule has 0 aliphatic rings. The fraction of sp³-hybridized carbons (Fsp3) is 0.750. The van der Waals surface area contributed by atoms with Crippen molar-refractivity contribution in [2.45, 2.75) is 47.0 Å². The zero-order valence-electron chi connectivity index (χ0n) is 9.89. The maximum absolute atomic E-state index is 7.50. The minimum atomic E-state index is 0.751. The lowest BCUT2D eigenvalue weighted by Gasteiger charge is -2.04. The van der Waals surface area contributed by atoms with Gasteiger partial charge in [0.2, 0.25) is 0 Å². The van der Waals surface area contributed by atoms with Crippen molar-refractivity contribution in [3.05, 3.63) is 11.0 Å². The fourth-order valence-electron chi connectivity index (χ4n) is 1.25. The molecule has 0 aromatic carbocycles. The van der Waals surface area contributed by atoms with Gasteiger partial charge < -0.3 is 5.41 Å². The lowest BCUT2D eigenvalue weighted by atomic mass is 10.1. The molecular formula is C12H23NS. The van der Waals surface area contributed by atoms with Gasteiger partial charge in [-0.1, -0.05) is 26.3 Å². The highest BCUT2D eigenvalue weighted by Crippen LogP contribution is 2.15. The van der Waals surface area contributed by atoms with Gasteiger partial charge in [0.05, 0.1) is 0 Å². The van der Waals surface area contributed by atoms with E-state index >= 15 is 0 Å². The molecule has 0 aliphatic carbocycles. The molecule has 14 heavy (non-hydrogen) atoms. The van der Waals surface area contributed by atoms with Crippen molar-refractivity contribution in [2.24, 2.45) is 5.92 Å². The molecule has 0 rings (SSSR count). The minimum Gasteiger partial charge on any atom is -0.310 e. The Morgan fingerprint density at radius 1 is 1.43 bits per heavy atom. The summed E-state index contributed by atoms with van der Waals surface area (Å²) in [4.78, 5) is 0. The maximum atomic E-state index is 7.50. The van der Waals surface area contributed by atoms with Gasteiger partial charge in [0.25, 0.3) is 0 Å². The summed E-state index contributed by atoms with van der Waals surface area (Å²) < 4.78 is 0. The van der Waals surface area contributed by atoms with Crippen molar-refractivity contribution < 1.29 is 0 Å². The van der Waals surface area contributed by atoms with Crippen LogP contribution in [0.3, 0.4) is 0 Å². The van der Waals surface area contributed by atoms with E-state index in [1.807, 2.05) is 18.7 Å². The van der Waals surface area contributed by atoms with Gasteiger partial charge in [0, 0.05) is 11.5 Å². The first kappa shape index (κ1) is 13.8. The zero-order chi connectivity index (χ0) is 11.0. The number of allylic oxidation sites excluding steroid dienone is 1. The van der Waals surface area contributed by atoms with E-state index in [1.54, 1.807) is 0 Å². The predicted octanol–water partition coefficient (Wildman–Crippen LogP) is 4.49. The van der Waals surface area contributed by atoms with Crippen LogP contribution in [0, 0.1) is 11.3 Å². The highest BCUT2D eigenvalue weighted by atomic mass is 32.2. The van der Waals surface area contributed by atoms with Crippen molar-refractivity contribution in [3.8, 4) is 0 Å². The average molecular weight is 213 g/mol. The third kappa shape index (κ3) is 8.36. The molecule has 0 fully saturated rings. The molecule has 0 radical (unpaired) electrons. The van der Waals surface area contributed by atoms with E-state index in [9.17, 15) is 0 Å². The Morgan fingerprint density at radius 3 is 2.57 bits per heavy atom. The molecule has 0 atom stereocenters. The Bertz CT molecular complexity index is 194. The predicted molar refractivity (Wildman–Crippen MR) is 68.3 cm³/mol. The van der Waals surface area contributed by atoms with Gasteiger partial charge in [0.1, 0.15) is 0 Å². The van der Waals surface area contributed by atoms with Crippen LogP contribution >= 0.6 is 11.8 Å². The second kappa shape index (κ2) is 8.10. The lowest BCUT2D eigenvalue weighted by molar-refractivity contribution is 0.643. The van der Waals surface area contributed by atoms with Gasteiger partial charge in [-0.25, -0.2) is 0 Å². The molecule has 0 heterocycles. The van der Waals surface area contributed by atoms with Crippen LogP contribution in [0.2, 0.25) is 0 Å². The van der Waals surface area contributed by atoms with E-state index in [4.69, 9.17) is 5.41 Å². The van der Waals surface area contributed by atoms with Crippen LogP contribution in [0.1, 0.15) is 47.0 Å². The van der Waals surface area contributed by atoms with E-state index in [1.165, 1.54) is 12.0 Å². The van der Waals surface area contributed by atoms with Gasteiger partial charge in [0.15, 0.2) is 0 Å². The monoisotopic (exact) mass is 213 g/mol. The van der Waals surface area contributed by atoms with Crippen molar-refractivity contribution >= 4 is 17.5 Å². The van der Waals surface area contributed by atoms with E-state index in [0.717, 1.165) is 30.2 Å². The second-order valence-corrected chi connectivity index (χ2v) is 5.12. The SMILES string of the molecule is CCC(=N)CCS/C=C(\C)CC(C)C.